The molecular formula is C24H32ClN7O3S. The number of nitrogens with two attached hydrogens (primary N) is 1. The Kier molecular flexibility index (Phi) is 6.73. The van der Waals surface area contributed by atoms with Crippen LogP contribution in [0.5, 0.6) is 0 Å². The van der Waals surface area contributed by atoms with Crippen molar-refractivity contribution in [2.45, 2.75) is 51.2 Å². The molecule has 3 aliphatic rings. The van der Waals surface area contributed by atoms with Crippen molar-refractivity contribution in [2.24, 2.45) is 16.6 Å². The minimum Gasteiger partial charge on any atom is -0.358 e. The number of fused-ring (bicyclic) bond motifs is 1. The number of amidine groups is 1. The predicted molar refractivity (Wildman–Crippen MR) is 140 cm³/mol. The zero-order valence-electron chi connectivity index (χ0n) is 20.5. The SMILES string of the molecule is CC1Cn2nc([C@@H]3CCCCN3C(=O)c3cc(Cl)ccc3NS(C)(=O)=O)cc2N=C1N1CC[C@H](N)C1. The molecule has 0 saturated carbocycles. The number of amides is 1. The number of hydrogen-bond acceptors (Lipinski definition) is 7. The van der Waals surface area contributed by atoms with Gasteiger partial charge < -0.3 is 15.5 Å². The van der Waals surface area contributed by atoms with Gasteiger partial charge in [0.1, 0.15) is 5.84 Å². The first-order valence-electron chi connectivity index (χ1n) is 12.3. The van der Waals surface area contributed by atoms with Gasteiger partial charge in [0.15, 0.2) is 5.82 Å². The summed E-state index contributed by atoms with van der Waals surface area (Å²) in [4.78, 5) is 22.7. The Labute approximate surface area is 216 Å². The minimum atomic E-state index is -3.57. The average Bonchev–Trinajstić information content (AvgIpc) is 3.44. The van der Waals surface area contributed by atoms with Crippen LogP contribution in [0.25, 0.3) is 0 Å². The van der Waals surface area contributed by atoms with Crippen LogP contribution in [0.1, 0.15) is 54.7 Å². The Morgan fingerprint density at radius 3 is 2.69 bits per heavy atom. The fraction of sp³-hybridized carbons (Fsp3) is 0.542. The molecule has 2 fully saturated rings. The Balaban J connectivity index is 1.45. The molecule has 1 aromatic heterocycles. The van der Waals surface area contributed by atoms with Gasteiger partial charge in [-0.1, -0.05) is 18.5 Å². The number of carbonyl (C=O) groups excluding carboxylic acids is 1. The quantitative estimate of drug-likeness (QED) is 0.622. The van der Waals surface area contributed by atoms with Crippen molar-refractivity contribution in [3.8, 4) is 0 Å². The third-order valence-corrected chi connectivity index (χ3v) is 7.88. The number of hydrogen-bond donors (Lipinski definition) is 2. The van der Waals surface area contributed by atoms with Crippen molar-refractivity contribution in [3.05, 3.63) is 40.5 Å². The van der Waals surface area contributed by atoms with E-state index >= 15 is 0 Å². The standard InChI is InChI=1S/C24H32ClN7O3S/c1-15-13-32-22(27-23(15)30-10-8-17(26)14-30)12-20(28-32)21-5-3-4-9-31(21)24(33)18-11-16(25)6-7-19(18)29-36(2,34)35/h6-7,11-12,15,17,21,29H,3-5,8-10,13-14,26H2,1-2H3/t15?,17-,21-/m0/s1. The topological polar surface area (TPSA) is 126 Å². The summed E-state index contributed by atoms with van der Waals surface area (Å²) in [6, 6.07) is 6.52. The number of anilines is 1. The summed E-state index contributed by atoms with van der Waals surface area (Å²) in [5.74, 6) is 1.78. The summed E-state index contributed by atoms with van der Waals surface area (Å²) in [7, 11) is -3.57. The molecule has 3 aliphatic heterocycles. The maximum absolute atomic E-state index is 13.7. The molecule has 1 unspecified atom stereocenters. The van der Waals surface area contributed by atoms with Crippen LogP contribution >= 0.6 is 11.6 Å². The lowest BCUT2D eigenvalue weighted by Gasteiger charge is -2.35. The van der Waals surface area contributed by atoms with E-state index in [4.69, 9.17) is 27.4 Å². The molecule has 2 aromatic rings. The van der Waals surface area contributed by atoms with Gasteiger partial charge >= 0.3 is 0 Å². The Morgan fingerprint density at radius 2 is 1.97 bits per heavy atom. The molecular weight excluding hydrogens is 502 g/mol. The first-order valence-corrected chi connectivity index (χ1v) is 14.6. The molecule has 3 atom stereocenters. The summed E-state index contributed by atoms with van der Waals surface area (Å²) in [5, 5.41) is 5.22. The largest absolute Gasteiger partial charge is 0.358 e. The Hall–Kier alpha value is -2.63. The number of carbonyl (C=O) groups is 1. The maximum Gasteiger partial charge on any atom is 0.256 e. The molecule has 0 bridgehead atoms. The van der Waals surface area contributed by atoms with Crippen LogP contribution in [-0.4, -0.2) is 71.7 Å². The number of aromatic nitrogens is 2. The molecule has 0 spiro atoms. The monoisotopic (exact) mass is 533 g/mol. The van der Waals surface area contributed by atoms with Gasteiger partial charge in [-0.15, -0.1) is 0 Å². The number of likely N-dealkylation sites (tertiary alicyclic amines) is 2. The van der Waals surface area contributed by atoms with E-state index in [0.29, 0.717) is 11.6 Å². The van der Waals surface area contributed by atoms with Crippen LogP contribution in [0.4, 0.5) is 11.5 Å². The molecule has 36 heavy (non-hydrogen) atoms. The van der Waals surface area contributed by atoms with Crippen molar-refractivity contribution in [3.63, 3.8) is 0 Å². The smallest absolute Gasteiger partial charge is 0.256 e. The number of nitrogens with zero attached hydrogens (tertiary/aromatic N) is 5. The number of sulfonamides is 1. The van der Waals surface area contributed by atoms with Gasteiger partial charge in [-0.2, -0.15) is 5.10 Å². The van der Waals surface area contributed by atoms with E-state index in [0.717, 1.165) is 68.9 Å². The van der Waals surface area contributed by atoms with Crippen molar-refractivity contribution in [1.82, 2.24) is 19.6 Å². The number of halogens is 1. The summed E-state index contributed by atoms with van der Waals surface area (Å²) in [5.41, 5.74) is 7.36. The molecule has 12 heteroatoms. The van der Waals surface area contributed by atoms with E-state index in [1.807, 2.05) is 10.7 Å². The third kappa shape index (κ3) is 5.09. The fourth-order valence-electron chi connectivity index (χ4n) is 5.38. The summed E-state index contributed by atoms with van der Waals surface area (Å²) in [6.07, 6.45) is 4.62. The summed E-state index contributed by atoms with van der Waals surface area (Å²) < 4.78 is 28.2. The highest BCUT2D eigenvalue weighted by atomic mass is 35.5. The highest BCUT2D eigenvalue weighted by molar-refractivity contribution is 7.92. The van der Waals surface area contributed by atoms with E-state index in [-0.39, 0.29) is 35.2 Å². The van der Waals surface area contributed by atoms with Crippen molar-refractivity contribution >= 4 is 44.9 Å². The molecule has 4 heterocycles. The highest BCUT2D eigenvalue weighted by Gasteiger charge is 2.34. The highest BCUT2D eigenvalue weighted by Crippen LogP contribution is 2.36. The molecule has 1 amide bonds. The molecule has 10 nitrogen and oxygen atoms in total. The van der Waals surface area contributed by atoms with Crippen LogP contribution < -0.4 is 10.5 Å². The predicted octanol–water partition coefficient (Wildman–Crippen LogP) is 2.99. The number of aliphatic imine (C=N–C) groups is 1. The fourth-order valence-corrected chi connectivity index (χ4v) is 6.13. The molecule has 194 valence electrons. The molecule has 1 aromatic carbocycles. The van der Waals surface area contributed by atoms with E-state index < -0.39 is 10.0 Å². The summed E-state index contributed by atoms with van der Waals surface area (Å²) in [6.45, 7) is 5.15. The van der Waals surface area contributed by atoms with Gasteiger partial charge in [0.05, 0.1) is 35.8 Å². The average molecular weight is 534 g/mol. The van der Waals surface area contributed by atoms with Gasteiger partial charge in [-0.25, -0.2) is 18.1 Å². The van der Waals surface area contributed by atoms with Crippen molar-refractivity contribution < 1.29 is 13.2 Å². The Bertz CT molecular complexity index is 1310. The lowest BCUT2D eigenvalue weighted by molar-refractivity contribution is 0.0606. The summed E-state index contributed by atoms with van der Waals surface area (Å²) >= 11 is 6.19. The van der Waals surface area contributed by atoms with Gasteiger partial charge in [0.2, 0.25) is 10.0 Å². The molecule has 0 radical (unpaired) electrons. The van der Waals surface area contributed by atoms with Crippen LogP contribution in [0.2, 0.25) is 5.02 Å². The van der Waals surface area contributed by atoms with Crippen LogP contribution in [0.15, 0.2) is 29.3 Å². The van der Waals surface area contributed by atoms with E-state index in [9.17, 15) is 13.2 Å². The second-order valence-corrected chi connectivity index (χ2v) is 12.2. The number of rotatable bonds is 4. The second-order valence-electron chi connectivity index (χ2n) is 10.0. The number of nitrogens with one attached hydrogen (secondary N) is 1. The molecule has 2 saturated heterocycles. The van der Waals surface area contributed by atoms with Gasteiger partial charge in [0, 0.05) is 42.7 Å². The maximum atomic E-state index is 13.7. The first-order chi connectivity index (χ1) is 17.1. The lowest BCUT2D eigenvalue weighted by Crippen LogP contribution is -2.39. The van der Waals surface area contributed by atoms with Crippen molar-refractivity contribution in [1.29, 1.82) is 0 Å². The zero-order valence-corrected chi connectivity index (χ0v) is 22.1. The molecule has 3 N–H and O–H groups in total. The zero-order chi connectivity index (χ0) is 25.6. The number of piperidine rings is 1. The minimum absolute atomic E-state index is 0.178. The van der Waals surface area contributed by atoms with Crippen LogP contribution in [-0.2, 0) is 16.6 Å². The van der Waals surface area contributed by atoms with Gasteiger partial charge in [0.25, 0.3) is 5.91 Å². The van der Waals surface area contributed by atoms with Gasteiger partial charge in [-0.3, -0.25) is 9.52 Å². The normalized spacial score (nSPS) is 24.4. The van der Waals surface area contributed by atoms with Crippen LogP contribution in [0, 0.1) is 5.92 Å². The van der Waals surface area contributed by atoms with E-state index in [1.54, 1.807) is 11.0 Å². The van der Waals surface area contributed by atoms with Crippen LogP contribution in [0.3, 0.4) is 0 Å². The first kappa shape index (κ1) is 25.0. The van der Waals surface area contributed by atoms with E-state index in [1.165, 1.54) is 12.1 Å². The lowest BCUT2D eigenvalue weighted by atomic mass is 9.98. The van der Waals surface area contributed by atoms with Crippen molar-refractivity contribution in [2.75, 3.05) is 30.6 Å². The third-order valence-electron chi connectivity index (χ3n) is 7.06. The molecule has 0 aliphatic carbocycles. The number of benzene rings is 1. The van der Waals surface area contributed by atoms with E-state index in [2.05, 4.69) is 16.5 Å². The van der Waals surface area contributed by atoms with Gasteiger partial charge in [-0.05, 0) is 43.9 Å². The Morgan fingerprint density at radius 1 is 1.17 bits per heavy atom. The molecule has 5 rings (SSSR count). The second kappa shape index (κ2) is 9.68.